The summed E-state index contributed by atoms with van der Waals surface area (Å²) in [6.07, 6.45) is 0. The predicted molar refractivity (Wildman–Crippen MR) is 84.5 cm³/mol. The van der Waals surface area contributed by atoms with Crippen LogP contribution in [0.1, 0.15) is 23.0 Å². The number of para-hydroxylation sites is 1. The number of benzene rings is 2. The second-order valence-electron chi connectivity index (χ2n) is 5.61. The highest BCUT2D eigenvalue weighted by Gasteiger charge is 2.28. The maximum Gasteiger partial charge on any atom is 0.251 e. The van der Waals surface area contributed by atoms with Crippen molar-refractivity contribution in [3.8, 4) is 0 Å². The van der Waals surface area contributed by atoms with Gasteiger partial charge in [-0.2, -0.15) is 0 Å². The average Bonchev–Trinajstić information content (AvgIpc) is 2.98. The lowest BCUT2D eigenvalue weighted by Crippen LogP contribution is -2.38. The monoisotopic (exact) mass is 313 g/mol. The molecular formula is C18H16FNO3. The molecule has 118 valence electrons. The summed E-state index contributed by atoms with van der Waals surface area (Å²) in [5, 5.41) is 14.1. The van der Waals surface area contributed by atoms with E-state index in [-0.39, 0.29) is 12.5 Å². The van der Waals surface area contributed by atoms with Crippen molar-refractivity contribution >= 4 is 16.9 Å². The quantitative estimate of drug-likeness (QED) is 0.777. The molecule has 3 rings (SSSR count). The van der Waals surface area contributed by atoms with Crippen molar-refractivity contribution in [1.82, 2.24) is 5.32 Å². The zero-order valence-electron chi connectivity index (χ0n) is 12.5. The van der Waals surface area contributed by atoms with Crippen molar-refractivity contribution in [3.63, 3.8) is 0 Å². The number of nitrogens with one attached hydrogen (secondary N) is 1. The fourth-order valence-corrected chi connectivity index (χ4v) is 2.29. The fraction of sp³-hybridized carbons (Fsp3) is 0.167. The highest BCUT2D eigenvalue weighted by atomic mass is 19.1. The van der Waals surface area contributed by atoms with Gasteiger partial charge < -0.3 is 14.8 Å². The number of carbonyl (C=O) groups is 1. The molecule has 1 atom stereocenters. The molecule has 0 aliphatic carbocycles. The van der Waals surface area contributed by atoms with E-state index in [1.165, 1.54) is 24.3 Å². The summed E-state index contributed by atoms with van der Waals surface area (Å²) in [5.41, 5.74) is -0.353. The third-order valence-electron chi connectivity index (χ3n) is 3.66. The first kappa shape index (κ1) is 15.2. The standard InChI is InChI=1S/C18H16FNO3/c1-18(22,16-10-13-4-2-3-5-15(13)23-16)11-20-17(21)12-6-8-14(19)9-7-12/h2-10,22H,11H2,1H3,(H,20,21). The Bertz CT molecular complexity index is 804. The van der Waals surface area contributed by atoms with Gasteiger partial charge in [-0.15, -0.1) is 0 Å². The first-order valence-corrected chi connectivity index (χ1v) is 7.21. The van der Waals surface area contributed by atoms with E-state index in [9.17, 15) is 14.3 Å². The van der Waals surface area contributed by atoms with Crippen molar-refractivity contribution in [2.24, 2.45) is 0 Å². The number of rotatable bonds is 4. The zero-order chi connectivity index (χ0) is 16.4. The summed E-state index contributed by atoms with van der Waals surface area (Å²) in [6.45, 7) is 1.54. The Balaban J connectivity index is 1.73. The van der Waals surface area contributed by atoms with Crippen LogP contribution in [0.3, 0.4) is 0 Å². The molecule has 5 heteroatoms. The molecule has 0 saturated carbocycles. The van der Waals surface area contributed by atoms with E-state index in [1.807, 2.05) is 24.3 Å². The molecule has 3 aromatic rings. The Morgan fingerprint density at radius 3 is 2.61 bits per heavy atom. The highest BCUT2D eigenvalue weighted by Crippen LogP contribution is 2.27. The van der Waals surface area contributed by atoms with Crippen molar-refractivity contribution in [2.45, 2.75) is 12.5 Å². The average molecular weight is 313 g/mol. The van der Waals surface area contributed by atoms with Crippen molar-refractivity contribution in [3.05, 3.63) is 71.7 Å². The lowest BCUT2D eigenvalue weighted by molar-refractivity contribution is 0.0344. The molecule has 4 nitrogen and oxygen atoms in total. The van der Waals surface area contributed by atoms with Crippen LogP contribution >= 0.6 is 0 Å². The lowest BCUT2D eigenvalue weighted by atomic mass is 10.0. The maximum absolute atomic E-state index is 12.9. The van der Waals surface area contributed by atoms with Gasteiger partial charge in [0.15, 0.2) is 0 Å². The molecule has 1 amide bonds. The summed E-state index contributed by atoms with van der Waals surface area (Å²) < 4.78 is 18.5. The number of furan rings is 1. The summed E-state index contributed by atoms with van der Waals surface area (Å²) in [6, 6.07) is 14.4. The molecule has 1 aromatic heterocycles. The Hall–Kier alpha value is -2.66. The van der Waals surface area contributed by atoms with E-state index in [2.05, 4.69) is 5.32 Å². The predicted octanol–water partition coefficient (Wildman–Crippen LogP) is 3.21. The van der Waals surface area contributed by atoms with E-state index in [0.29, 0.717) is 16.9 Å². The van der Waals surface area contributed by atoms with E-state index in [0.717, 1.165) is 5.39 Å². The molecule has 0 bridgehead atoms. The first-order chi connectivity index (χ1) is 11.0. The second kappa shape index (κ2) is 5.85. The molecule has 0 radical (unpaired) electrons. The minimum Gasteiger partial charge on any atom is -0.458 e. The molecule has 2 aromatic carbocycles. The molecule has 0 fully saturated rings. The molecule has 1 heterocycles. The molecule has 0 saturated heterocycles. The Labute approximate surface area is 132 Å². The number of carbonyl (C=O) groups excluding carboxylic acids is 1. The third kappa shape index (κ3) is 3.24. The Kier molecular flexibility index (Phi) is 3.88. The number of hydrogen-bond acceptors (Lipinski definition) is 3. The molecular weight excluding hydrogens is 297 g/mol. The van der Waals surface area contributed by atoms with Gasteiger partial charge in [0.25, 0.3) is 5.91 Å². The van der Waals surface area contributed by atoms with Crippen LogP contribution in [-0.2, 0) is 5.60 Å². The second-order valence-corrected chi connectivity index (χ2v) is 5.61. The summed E-state index contributed by atoms with van der Waals surface area (Å²) in [7, 11) is 0. The number of halogens is 1. The number of aliphatic hydroxyl groups is 1. The van der Waals surface area contributed by atoms with E-state index < -0.39 is 11.4 Å². The largest absolute Gasteiger partial charge is 0.458 e. The molecule has 0 spiro atoms. The minimum atomic E-state index is -1.35. The van der Waals surface area contributed by atoms with Gasteiger partial charge in [0, 0.05) is 10.9 Å². The molecule has 1 unspecified atom stereocenters. The van der Waals surface area contributed by atoms with E-state index in [4.69, 9.17) is 4.42 Å². The fourth-order valence-electron chi connectivity index (χ4n) is 2.29. The van der Waals surface area contributed by atoms with E-state index in [1.54, 1.807) is 13.0 Å². The highest BCUT2D eigenvalue weighted by molar-refractivity contribution is 5.94. The van der Waals surface area contributed by atoms with Gasteiger partial charge in [-0.25, -0.2) is 4.39 Å². The molecule has 2 N–H and O–H groups in total. The molecule has 0 aliphatic rings. The van der Waals surface area contributed by atoms with Crippen LogP contribution in [0.15, 0.2) is 59.0 Å². The van der Waals surface area contributed by atoms with Crippen molar-refractivity contribution in [1.29, 1.82) is 0 Å². The van der Waals surface area contributed by atoms with Crippen LogP contribution in [-0.4, -0.2) is 17.6 Å². The SMILES string of the molecule is CC(O)(CNC(=O)c1ccc(F)cc1)c1cc2ccccc2o1. The molecule has 0 aliphatic heterocycles. The third-order valence-corrected chi connectivity index (χ3v) is 3.66. The summed E-state index contributed by atoms with van der Waals surface area (Å²) in [5.74, 6) is -0.421. The van der Waals surface area contributed by atoms with Crippen molar-refractivity contribution < 1.29 is 18.7 Å². The zero-order valence-corrected chi connectivity index (χ0v) is 12.5. The van der Waals surface area contributed by atoms with Gasteiger partial charge in [0.2, 0.25) is 0 Å². The summed E-state index contributed by atoms with van der Waals surface area (Å²) in [4.78, 5) is 12.0. The van der Waals surface area contributed by atoms with Gasteiger partial charge in [0.05, 0.1) is 6.54 Å². The van der Waals surface area contributed by atoms with Gasteiger partial charge in [0.1, 0.15) is 22.8 Å². The van der Waals surface area contributed by atoms with E-state index >= 15 is 0 Å². The van der Waals surface area contributed by atoms with Crippen LogP contribution in [0.4, 0.5) is 4.39 Å². The van der Waals surface area contributed by atoms with Gasteiger partial charge in [-0.3, -0.25) is 4.79 Å². The first-order valence-electron chi connectivity index (χ1n) is 7.21. The van der Waals surface area contributed by atoms with Crippen molar-refractivity contribution in [2.75, 3.05) is 6.54 Å². The van der Waals surface area contributed by atoms with Gasteiger partial charge in [-0.1, -0.05) is 18.2 Å². The Morgan fingerprint density at radius 1 is 1.22 bits per heavy atom. The smallest absolute Gasteiger partial charge is 0.251 e. The number of amides is 1. The van der Waals surface area contributed by atoms with Crippen LogP contribution in [0.2, 0.25) is 0 Å². The normalized spacial score (nSPS) is 13.7. The van der Waals surface area contributed by atoms with Crippen LogP contribution in [0.5, 0.6) is 0 Å². The number of fused-ring (bicyclic) bond motifs is 1. The van der Waals surface area contributed by atoms with Gasteiger partial charge in [-0.05, 0) is 43.3 Å². The summed E-state index contributed by atoms with van der Waals surface area (Å²) >= 11 is 0. The van der Waals surface area contributed by atoms with Crippen LogP contribution in [0, 0.1) is 5.82 Å². The minimum absolute atomic E-state index is 0.0248. The molecule has 23 heavy (non-hydrogen) atoms. The van der Waals surface area contributed by atoms with Crippen LogP contribution < -0.4 is 5.32 Å². The Morgan fingerprint density at radius 2 is 1.91 bits per heavy atom. The lowest BCUT2D eigenvalue weighted by Gasteiger charge is -2.21. The number of hydrogen-bond donors (Lipinski definition) is 2. The topological polar surface area (TPSA) is 62.5 Å². The maximum atomic E-state index is 12.9. The van der Waals surface area contributed by atoms with Crippen LogP contribution in [0.25, 0.3) is 11.0 Å². The van der Waals surface area contributed by atoms with Gasteiger partial charge >= 0.3 is 0 Å².